The summed E-state index contributed by atoms with van der Waals surface area (Å²) in [6, 6.07) is 13.5. The molecule has 7 nitrogen and oxygen atoms in total. The lowest BCUT2D eigenvalue weighted by Gasteiger charge is -2.25. The van der Waals surface area contributed by atoms with Crippen LogP contribution in [0.4, 0.5) is 11.4 Å². The number of benzene rings is 2. The molecule has 0 bridgehead atoms. The van der Waals surface area contributed by atoms with Crippen molar-refractivity contribution in [2.45, 2.75) is 18.9 Å². The van der Waals surface area contributed by atoms with Crippen LogP contribution >= 0.6 is 0 Å². The average molecular weight is 379 g/mol. The lowest BCUT2D eigenvalue weighted by molar-refractivity contribution is -0.124. The first-order chi connectivity index (χ1) is 13.6. The fourth-order valence-electron chi connectivity index (χ4n) is 3.85. The lowest BCUT2D eigenvalue weighted by atomic mass is 10.1. The highest BCUT2D eigenvalue weighted by atomic mass is 16.5. The second-order valence-electron chi connectivity index (χ2n) is 6.85. The van der Waals surface area contributed by atoms with E-state index in [1.807, 2.05) is 6.07 Å². The number of amides is 3. The molecular weight excluding hydrogens is 358 g/mol. The summed E-state index contributed by atoms with van der Waals surface area (Å²) < 4.78 is 5.26. The number of anilines is 2. The monoisotopic (exact) mass is 379 g/mol. The number of nitrogens with one attached hydrogen (secondary N) is 1. The molecule has 2 aliphatic heterocycles. The number of carbonyl (C=O) groups excluding carboxylic acids is 3. The zero-order valence-electron chi connectivity index (χ0n) is 15.6. The summed E-state index contributed by atoms with van der Waals surface area (Å²) in [6.07, 6.45) is 1.40. The topological polar surface area (TPSA) is 79.0 Å². The third kappa shape index (κ3) is 3.09. The van der Waals surface area contributed by atoms with E-state index in [4.69, 9.17) is 4.74 Å². The van der Waals surface area contributed by atoms with Crippen LogP contribution in [0.15, 0.2) is 48.5 Å². The van der Waals surface area contributed by atoms with Crippen molar-refractivity contribution >= 4 is 29.1 Å². The van der Waals surface area contributed by atoms with E-state index in [9.17, 15) is 14.4 Å². The number of rotatable bonds is 4. The van der Waals surface area contributed by atoms with Gasteiger partial charge in [-0.15, -0.1) is 0 Å². The minimum atomic E-state index is -0.515. The standard InChI is InChI=1S/C21H21N3O4/c1-28-18-11-5-3-8-15(18)22-19(25)13-24-16-9-4-2-7-14(16)20(26)23-12-6-10-17(23)21(24)27/h2-5,7-9,11,17H,6,10,12-13H2,1H3,(H,22,25)/t17-/m1/s1. The molecule has 4 rings (SSSR count). The molecule has 1 saturated heterocycles. The molecule has 1 N–H and O–H groups in total. The van der Waals surface area contributed by atoms with Gasteiger partial charge in [0.2, 0.25) is 11.8 Å². The first kappa shape index (κ1) is 18.0. The van der Waals surface area contributed by atoms with E-state index in [-0.39, 0.29) is 24.3 Å². The molecule has 0 aromatic heterocycles. The minimum Gasteiger partial charge on any atom is -0.495 e. The SMILES string of the molecule is COc1ccccc1NC(=O)CN1C(=O)[C@H]2CCCN2C(=O)c2ccccc21. The van der Waals surface area contributed by atoms with Crippen LogP contribution in [0.3, 0.4) is 0 Å². The zero-order valence-corrected chi connectivity index (χ0v) is 15.6. The van der Waals surface area contributed by atoms with Crippen molar-refractivity contribution < 1.29 is 19.1 Å². The fourth-order valence-corrected chi connectivity index (χ4v) is 3.85. The molecule has 2 aromatic rings. The highest BCUT2D eigenvalue weighted by Gasteiger charge is 2.42. The number of ether oxygens (including phenoxy) is 1. The summed E-state index contributed by atoms with van der Waals surface area (Å²) in [7, 11) is 1.53. The summed E-state index contributed by atoms with van der Waals surface area (Å²) in [5.74, 6) is -0.188. The molecule has 0 spiro atoms. The van der Waals surface area contributed by atoms with Gasteiger partial charge in [0, 0.05) is 6.54 Å². The van der Waals surface area contributed by atoms with Crippen LogP contribution in [-0.2, 0) is 9.59 Å². The van der Waals surface area contributed by atoms with Gasteiger partial charge in [-0.05, 0) is 37.1 Å². The van der Waals surface area contributed by atoms with Gasteiger partial charge in [-0.2, -0.15) is 0 Å². The average Bonchev–Trinajstić information content (AvgIpc) is 3.19. The Morgan fingerprint density at radius 1 is 1.14 bits per heavy atom. The van der Waals surface area contributed by atoms with E-state index >= 15 is 0 Å². The van der Waals surface area contributed by atoms with E-state index in [0.717, 1.165) is 6.42 Å². The van der Waals surface area contributed by atoms with Gasteiger partial charge in [0.1, 0.15) is 18.3 Å². The molecule has 1 atom stereocenters. The Balaban J connectivity index is 1.64. The molecule has 3 amide bonds. The molecule has 0 aliphatic carbocycles. The highest BCUT2D eigenvalue weighted by molar-refractivity contribution is 6.13. The molecule has 1 fully saturated rings. The molecule has 144 valence electrons. The number of carbonyl (C=O) groups is 3. The Bertz CT molecular complexity index is 943. The first-order valence-corrected chi connectivity index (χ1v) is 9.24. The largest absolute Gasteiger partial charge is 0.495 e. The molecule has 28 heavy (non-hydrogen) atoms. The van der Waals surface area contributed by atoms with Gasteiger partial charge in [-0.25, -0.2) is 0 Å². The minimum absolute atomic E-state index is 0.154. The third-order valence-corrected chi connectivity index (χ3v) is 5.17. The smallest absolute Gasteiger partial charge is 0.256 e. The van der Waals surface area contributed by atoms with Crippen LogP contribution < -0.4 is 15.0 Å². The molecule has 7 heteroatoms. The zero-order chi connectivity index (χ0) is 19.7. The number of nitrogens with zero attached hydrogens (tertiary/aromatic N) is 2. The predicted molar refractivity (Wildman–Crippen MR) is 104 cm³/mol. The number of methoxy groups -OCH3 is 1. The maximum absolute atomic E-state index is 13.2. The summed E-state index contributed by atoms with van der Waals surface area (Å²) >= 11 is 0. The number of para-hydroxylation sites is 3. The van der Waals surface area contributed by atoms with E-state index in [0.29, 0.717) is 35.7 Å². The third-order valence-electron chi connectivity index (χ3n) is 5.17. The normalized spacial score (nSPS) is 18.4. The summed E-state index contributed by atoms with van der Waals surface area (Å²) in [5.41, 5.74) is 1.46. The van der Waals surface area contributed by atoms with Crippen molar-refractivity contribution in [2.24, 2.45) is 0 Å². The van der Waals surface area contributed by atoms with E-state index in [1.165, 1.54) is 12.0 Å². The second kappa shape index (κ2) is 7.34. The van der Waals surface area contributed by atoms with Crippen LogP contribution in [-0.4, -0.2) is 48.9 Å². The Morgan fingerprint density at radius 3 is 2.71 bits per heavy atom. The van der Waals surface area contributed by atoms with Crippen molar-refractivity contribution in [1.82, 2.24) is 4.90 Å². The van der Waals surface area contributed by atoms with Gasteiger partial charge < -0.3 is 19.9 Å². The predicted octanol–water partition coefficient (Wildman–Crippen LogP) is 2.29. The van der Waals surface area contributed by atoms with E-state index in [2.05, 4.69) is 5.32 Å². The molecule has 0 radical (unpaired) electrons. The van der Waals surface area contributed by atoms with Crippen molar-refractivity contribution in [3.63, 3.8) is 0 Å². The quantitative estimate of drug-likeness (QED) is 0.884. The Kier molecular flexibility index (Phi) is 4.73. The lowest BCUT2D eigenvalue weighted by Crippen LogP contribution is -2.47. The van der Waals surface area contributed by atoms with Crippen LogP contribution in [0.2, 0.25) is 0 Å². The van der Waals surface area contributed by atoms with Crippen molar-refractivity contribution in [3.05, 3.63) is 54.1 Å². The molecule has 0 unspecified atom stereocenters. The molecular formula is C21H21N3O4. The Hall–Kier alpha value is -3.35. The number of hydrogen-bond acceptors (Lipinski definition) is 4. The highest BCUT2D eigenvalue weighted by Crippen LogP contribution is 2.32. The van der Waals surface area contributed by atoms with E-state index in [1.54, 1.807) is 47.4 Å². The summed E-state index contributed by atoms with van der Waals surface area (Å²) in [4.78, 5) is 41.9. The maximum Gasteiger partial charge on any atom is 0.256 e. The Labute approximate surface area is 162 Å². The van der Waals surface area contributed by atoms with E-state index < -0.39 is 6.04 Å². The van der Waals surface area contributed by atoms with Gasteiger partial charge in [-0.1, -0.05) is 24.3 Å². The first-order valence-electron chi connectivity index (χ1n) is 9.24. The molecule has 0 saturated carbocycles. The number of hydrogen-bond donors (Lipinski definition) is 1. The van der Waals surface area contributed by atoms with Crippen LogP contribution in [0.25, 0.3) is 0 Å². The van der Waals surface area contributed by atoms with Gasteiger partial charge in [0.15, 0.2) is 0 Å². The van der Waals surface area contributed by atoms with Gasteiger partial charge in [-0.3, -0.25) is 14.4 Å². The molecule has 2 heterocycles. The van der Waals surface area contributed by atoms with Crippen LogP contribution in [0.5, 0.6) is 5.75 Å². The number of fused-ring (bicyclic) bond motifs is 2. The van der Waals surface area contributed by atoms with Crippen molar-refractivity contribution in [1.29, 1.82) is 0 Å². The van der Waals surface area contributed by atoms with Gasteiger partial charge >= 0.3 is 0 Å². The molecule has 2 aromatic carbocycles. The summed E-state index contributed by atoms with van der Waals surface area (Å²) in [5, 5.41) is 2.80. The van der Waals surface area contributed by atoms with Crippen molar-refractivity contribution in [2.75, 3.05) is 30.4 Å². The van der Waals surface area contributed by atoms with Gasteiger partial charge in [0.25, 0.3) is 5.91 Å². The Morgan fingerprint density at radius 2 is 1.89 bits per heavy atom. The second-order valence-corrected chi connectivity index (χ2v) is 6.85. The fraction of sp³-hybridized carbons (Fsp3) is 0.286. The van der Waals surface area contributed by atoms with Crippen LogP contribution in [0.1, 0.15) is 23.2 Å². The summed E-state index contributed by atoms with van der Waals surface area (Å²) in [6.45, 7) is 0.385. The maximum atomic E-state index is 13.2. The van der Waals surface area contributed by atoms with Crippen LogP contribution in [0, 0.1) is 0 Å². The van der Waals surface area contributed by atoms with Crippen molar-refractivity contribution in [3.8, 4) is 5.75 Å². The van der Waals surface area contributed by atoms with Gasteiger partial charge in [0.05, 0.1) is 24.0 Å². The molecule has 2 aliphatic rings.